The van der Waals surface area contributed by atoms with Crippen molar-refractivity contribution < 1.29 is 19.5 Å². The molecule has 0 aliphatic carbocycles. The summed E-state index contributed by atoms with van der Waals surface area (Å²) in [5.41, 5.74) is 1.43. The quantitative estimate of drug-likeness (QED) is 0.795. The topological polar surface area (TPSA) is 66.7 Å². The average Bonchev–Trinajstić information content (AvgIpc) is 2.91. The molecule has 0 amide bonds. The molecule has 0 unspecified atom stereocenters. The zero-order valence-corrected chi connectivity index (χ0v) is 13.8. The van der Waals surface area contributed by atoms with Crippen LogP contribution >= 0.6 is 11.3 Å². The number of ether oxygens (including phenoxy) is 1. The number of carboxylic acids is 1. The number of nitrogens with zero attached hydrogens (tertiary/aromatic N) is 1. The third-order valence-electron chi connectivity index (χ3n) is 3.17. The highest BCUT2D eigenvalue weighted by atomic mass is 32.1. The number of likely N-dealkylation sites (N-methyl/N-ethyl adjacent to an activating group) is 1. The summed E-state index contributed by atoms with van der Waals surface area (Å²) in [7, 11) is 4.15. The third-order valence-corrected chi connectivity index (χ3v) is 4.30. The number of nitrogens with one attached hydrogen (secondary N) is 1. The molecule has 22 heavy (non-hydrogen) atoms. The van der Waals surface area contributed by atoms with E-state index in [-0.39, 0.29) is 4.88 Å². The number of hydrogen-bond acceptors (Lipinski definition) is 5. The number of aromatic nitrogens is 1. The minimum Gasteiger partial charge on any atom is -0.544 e. The maximum absolute atomic E-state index is 11.1. The Morgan fingerprint density at radius 1 is 1.41 bits per heavy atom. The molecule has 0 saturated carbocycles. The lowest BCUT2D eigenvalue weighted by molar-refractivity contribution is -0.858. The minimum absolute atomic E-state index is 0.208. The van der Waals surface area contributed by atoms with E-state index in [1.54, 1.807) is 0 Å². The van der Waals surface area contributed by atoms with Crippen LogP contribution in [0, 0.1) is 0 Å². The second-order valence-corrected chi connectivity index (χ2v) is 6.27. The van der Waals surface area contributed by atoms with E-state index in [0.29, 0.717) is 23.7 Å². The largest absolute Gasteiger partial charge is 0.544 e. The smallest absolute Gasteiger partial charge is 0.137 e. The van der Waals surface area contributed by atoms with Crippen molar-refractivity contribution in [3.8, 4) is 16.3 Å². The van der Waals surface area contributed by atoms with Crippen LogP contribution in [0.4, 0.5) is 0 Å². The molecule has 2 aromatic rings. The van der Waals surface area contributed by atoms with Crippen molar-refractivity contribution in [3.05, 3.63) is 34.8 Å². The maximum atomic E-state index is 11.1. The van der Waals surface area contributed by atoms with Crippen molar-refractivity contribution in [1.82, 2.24) is 4.98 Å². The van der Waals surface area contributed by atoms with E-state index < -0.39 is 5.97 Å². The van der Waals surface area contributed by atoms with Crippen LogP contribution in [0.1, 0.15) is 22.3 Å². The second kappa shape index (κ2) is 7.38. The lowest BCUT2D eigenvalue weighted by Crippen LogP contribution is -3.06. The van der Waals surface area contributed by atoms with Gasteiger partial charge in [-0.25, -0.2) is 4.98 Å². The zero-order valence-electron chi connectivity index (χ0n) is 13.0. The number of benzene rings is 1. The van der Waals surface area contributed by atoms with Gasteiger partial charge in [-0.05, 0) is 18.6 Å². The number of thiazole rings is 1. The van der Waals surface area contributed by atoms with Crippen molar-refractivity contribution in [3.63, 3.8) is 0 Å². The first kappa shape index (κ1) is 16.5. The number of carboxylic acid groups (broad SMARTS) is 1. The first-order chi connectivity index (χ1) is 10.5. The van der Waals surface area contributed by atoms with Gasteiger partial charge in [0.2, 0.25) is 0 Å². The van der Waals surface area contributed by atoms with Crippen molar-refractivity contribution in [2.45, 2.75) is 13.3 Å². The van der Waals surface area contributed by atoms with E-state index in [1.165, 1.54) is 4.90 Å². The molecule has 5 nitrogen and oxygen atoms in total. The molecule has 0 fully saturated rings. The maximum Gasteiger partial charge on any atom is 0.137 e. The molecule has 0 spiro atoms. The van der Waals surface area contributed by atoms with Crippen LogP contribution in [0.15, 0.2) is 24.3 Å². The lowest BCUT2D eigenvalue weighted by Gasteiger charge is -2.09. The fourth-order valence-corrected chi connectivity index (χ4v) is 2.95. The van der Waals surface area contributed by atoms with E-state index >= 15 is 0 Å². The Hall–Kier alpha value is -1.92. The summed E-state index contributed by atoms with van der Waals surface area (Å²) in [4.78, 5) is 17.1. The summed E-state index contributed by atoms with van der Waals surface area (Å²) >= 11 is 1.15. The SMILES string of the molecule is CCc1nc(-c2cccc(OCC[NH+](C)C)c2)sc1C(=O)[O-]. The standard InChI is InChI=1S/C16H20N2O3S/c1-4-13-14(16(19)20)22-15(17-13)11-6-5-7-12(10-11)21-9-8-18(2)3/h5-7,10H,4,8-9H2,1-3H3,(H,19,20). The van der Waals surface area contributed by atoms with E-state index in [4.69, 9.17) is 4.74 Å². The number of quaternary nitrogens is 1. The van der Waals surface area contributed by atoms with Crippen LogP contribution in [0.25, 0.3) is 10.6 Å². The molecular formula is C16H20N2O3S. The van der Waals surface area contributed by atoms with Crippen LogP contribution in [0.3, 0.4) is 0 Å². The van der Waals surface area contributed by atoms with Crippen molar-refractivity contribution in [2.24, 2.45) is 0 Å². The second-order valence-electron chi connectivity index (χ2n) is 5.27. The average molecular weight is 320 g/mol. The summed E-state index contributed by atoms with van der Waals surface area (Å²) in [6.45, 7) is 3.43. The highest BCUT2D eigenvalue weighted by Crippen LogP contribution is 2.30. The van der Waals surface area contributed by atoms with Gasteiger partial charge >= 0.3 is 0 Å². The van der Waals surface area contributed by atoms with Gasteiger partial charge in [0.25, 0.3) is 0 Å². The number of rotatable bonds is 7. The van der Waals surface area contributed by atoms with Crippen LogP contribution < -0.4 is 14.7 Å². The van der Waals surface area contributed by atoms with E-state index in [1.807, 2.05) is 31.2 Å². The van der Waals surface area contributed by atoms with Crippen LogP contribution in [-0.2, 0) is 6.42 Å². The molecule has 1 heterocycles. The summed E-state index contributed by atoms with van der Waals surface area (Å²) in [6.07, 6.45) is 0.571. The first-order valence-electron chi connectivity index (χ1n) is 7.24. The van der Waals surface area contributed by atoms with Crippen molar-refractivity contribution in [2.75, 3.05) is 27.2 Å². The van der Waals surface area contributed by atoms with Gasteiger partial charge in [0, 0.05) is 5.56 Å². The Kier molecular flexibility index (Phi) is 5.51. The Balaban J connectivity index is 2.20. The zero-order chi connectivity index (χ0) is 16.1. The predicted molar refractivity (Wildman–Crippen MR) is 84.4 cm³/mol. The van der Waals surface area contributed by atoms with E-state index in [0.717, 1.165) is 29.2 Å². The first-order valence-corrected chi connectivity index (χ1v) is 8.06. The summed E-state index contributed by atoms with van der Waals surface area (Å²) < 4.78 is 5.72. The van der Waals surface area contributed by atoms with Gasteiger partial charge in [-0.2, -0.15) is 0 Å². The molecule has 0 aliphatic rings. The molecule has 118 valence electrons. The molecule has 0 aliphatic heterocycles. The minimum atomic E-state index is -1.16. The predicted octanol–water partition coefficient (Wildman–Crippen LogP) is 0.259. The molecule has 1 aromatic carbocycles. The fourth-order valence-electron chi connectivity index (χ4n) is 1.97. The van der Waals surface area contributed by atoms with E-state index in [9.17, 15) is 9.90 Å². The number of aromatic carboxylic acids is 1. The van der Waals surface area contributed by atoms with Crippen LogP contribution in [0.2, 0.25) is 0 Å². The Bertz CT molecular complexity index is 653. The molecule has 0 saturated heterocycles. The molecule has 0 bridgehead atoms. The number of carbonyl (C=O) groups is 1. The normalized spacial score (nSPS) is 10.9. The summed E-state index contributed by atoms with van der Waals surface area (Å²) in [5.74, 6) is -0.399. The summed E-state index contributed by atoms with van der Waals surface area (Å²) in [6, 6.07) is 7.57. The van der Waals surface area contributed by atoms with Crippen LogP contribution in [-0.4, -0.2) is 38.2 Å². The monoisotopic (exact) mass is 320 g/mol. The highest BCUT2D eigenvalue weighted by molar-refractivity contribution is 7.17. The highest BCUT2D eigenvalue weighted by Gasteiger charge is 2.12. The fraction of sp³-hybridized carbons (Fsp3) is 0.375. The molecule has 0 radical (unpaired) electrons. The number of carbonyl (C=O) groups excluding carboxylic acids is 1. The van der Waals surface area contributed by atoms with Gasteiger partial charge in [0.05, 0.1) is 30.6 Å². The van der Waals surface area contributed by atoms with E-state index in [2.05, 4.69) is 19.1 Å². The van der Waals surface area contributed by atoms with Gasteiger partial charge in [0.1, 0.15) is 23.9 Å². The van der Waals surface area contributed by atoms with Gasteiger partial charge < -0.3 is 19.5 Å². The summed E-state index contributed by atoms with van der Waals surface area (Å²) in [5, 5.41) is 11.8. The van der Waals surface area contributed by atoms with Gasteiger partial charge in [0.15, 0.2) is 0 Å². The Morgan fingerprint density at radius 2 is 2.18 bits per heavy atom. The van der Waals surface area contributed by atoms with Gasteiger partial charge in [-0.15, -0.1) is 11.3 Å². The Morgan fingerprint density at radius 3 is 2.77 bits per heavy atom. The third kappa shape index (κ3) is 4.05. The van der Waals surface area contributed by atoms with Crippen molar-refractivity contribution >= 4 is 17.3 Å². The van der Waals surface area contributed by atoms with Gasteiger partial charge in [-0.3, -0.25) is 0 Å². The number of hydrogen-bond donors (Lipinski definition) is 1. The lowest BCUT2D eigenvalue weighted by atomic mass is 10.2. The van der Waals surface area contributed by atoms with Crippen molar-refractivity contribution in [1.29, 1.82) is 0 Å². The van der Waals surface area contributed by atoms with Gasteiger partial charge in [-0.1, -0.05) is 19.1 Å². The molecule has 6 heteroatoms. The Labute approximate surface area is 134 Å². The molecule has 2 rings (SSSR count). The molecule has 0 atom stereocenters. The molecular weight excluding hydrogens is 300 g/mol. The molecule has 1 aromatic heterocycles. The van der Waals surface area contributed by atoms with Crippen LogP contribution in [0.5, 0.6) is 5.75 Å². The molecule has 1 N–H and O–H groups in total. The number of aryl methyl sites for hydroxylation is 1.